The highest BCUT2D eigenvalue weighted by atomic mass is 19.1. The molecule has 0 atom stereocenters. The van der Waals surface area contributed by atoms with Crippen molar-refractivity contribution in [1.29, 1.82) is 0 Å². The summed E-state index contributed by atoms with van der Waals surface area (Å²) in [6.07, 6.45) is 3.77. The predicted molar refractivity (Wildman–Crippen MR) is 132 cm³/mol. The van der Waals surface area contributed by atoms with Gasteiger partial charge in [-0.05, 0) is 75.5 Å². The van der Waals surface area contributed by atoms with Gasteiger partial charge in [-0.25, -0.2) is 28.1 Å². The molecule has 0 aliphatic carbocycles. The Bertz CT molecular complexity index is 1500. The van der Waals surface area contributed by atoms with Crippen LogP contribution >= 0.6 is 0 Å². The van der Waals surface area contributed by atoms with Crippen molar-refractivity contribution in [2.75, 3.05) is 18.4 Å². The average molecular weight is 495 g/mol. The van der Waals surface area contributed by atoms with Crippen molar-refractivity contribution in [2.24, 2.45) is 0 Å². The molecule has 0 saturated carbocycles. The molecule has 36 heavy (non-hydrogen) atoms. The van der Waals surface area contributed by atoms with Crippen molar-refractivity contribution in [1.82, 2.24) is 24.8 Å². The molecule has 2 N–H and O–H groups in total. The van der Waals surface area contributed by atoms with E-state index < -0.39 is 17.2 Å². The normalized spacial score (nSPS) is 14.5. The average Bonchev–Trinajstić information content (AvgIpc) is 2.85. The summed E-state index contributed by atoms with van der Waals surface area (Å²) in [5.41, 5.74) is 0.877. The van der Waals surface area contributed by atoms with Gasteiger partial charge >= 0.3 is 0 Å². The minimum absolute atomic E-state index is 0.00387. The quantitative estimate of drug-likeness (QED) is 0.403. The Morgan fingerprint density at radius 1 is 1.00 bits per heavy atom. The highest BCUT2D eigenvalue weighted by Gasteiger charge is 2.20. The van der Waals surface area contributed by atoms with E-state index in [1.807, 2.05) is 0 Å². The Morgan fingerprint density at radius 2 is 1.78 bits per heavy atom. The number of halogens is 3. The summed E-state index contributed by atoms with van der Waals surface area (Å²) in [5.74, 6) is -1.62. The summed E-state index contributed by atoms with van der Waals surface area (Å²) in [7, 11) is 0. The van der Waals surface area contributed by atoms with Crippen LogP contribution in [0.2, 0.25) is 0 Å². The SMILES string of the molecule is CC(C)n1c(=O)cnc2c(F)cc(-c3nc(Nc4ccc(C5CCNCC5)c(F)c4)ncc3F)cc21. The Kier molecular flexibility index (Phi) is 6.44. The topological polar surface area (TPSA) is 84.7 Å². The van der Waals surface area contributed by atoms with Crippen LogP contribution in [0.5, 0.6) is 0 Å². The third-order valence-electron chi connectivity index (χ3n) is 6.41. The van der Waals surface area contributed by atoms with Gasteiger partial charge in [0.25, 0.3) is 5.56 Å². The van der Waals surface area contributed by atoms with Crippen LogP contribution in [0, 0.1) is 17.5 Å². The minimum atomic E-state index is -0.769. The highest BCUT2D eigenvalue weighted by Crippen LogP contribution is 2.31. The van der Waals surface area contributed by atoms with Gasteiger partial charge in [-0.2, -0.15) is 0 Å². The summed E-state index contributed by atoms with van der Waals surface area (Å²) in [4.78, 5) is 24.4. The second-order valence-corrected chi connectivity index (χ2v) is 9.16. The molecule has 0 radical (unpaired) electrons. The molecule has 1 saturated heterocycles. The number of benzene rings is 2. The Hall–Kier alpha value is -3.79. The molecular weight excluding hydrogens is 469 g/mol. The number of aromatic nitrogens is 4. The zero-order valence-corrected chi connectivity index (χ0v) is 19.9. The van der Waals surface area contributed by atoms with Crippen molar-refractivity contribution in [2.45, 2.75) is 38.6 Å². The Labute approximate surface area is 205 Å². The zero-order chi connectivity index (χ0) is 25.4. The van der Waals surface area contributed by atoms with E-state index in [9.17, 15) is 18.0 Å². The summed E-state index contributed by atoms with van der Waals surface area (Å²) in [6, 6.07) is 7.17. The van der Waals surface area contributed by atoms with Gasteiger partial charge in [0, 0.05) is 17.3 Å². The minimum Gasteiger partial charge on any atom is -0.324 e. The molecule has 0 unspecified atom stereocenters. The summed E-state index contributed by atoms with van der Waals surface area (Å²) >= 11 is 0. The standard InChI is InChI=1S/C26H25F3N6O/c1-14(2)35-22-10-16(9-20(28)25(22)31-13-23(35)36)24-21(29)12-32-26(34-24)33-17-3-4-18(19(27)11-17)15-5-7-30-8-6-15/h3-4,9-15,30H,5-8H2,1-2H3,(H,32,33,34). The largest absolute Gasteiger partial charge is 0.324 e. The van der Waals surface area contributed by atoms with Crippen LogP contribution in [0.25, 0.3) is 22.3 Å². The van der Waals surface area contributed by atoms with Crippen LogP contribution in [0.4, 0.5) is 24.8 Å². The van der Waals surface area contributed by atoms with Gasteiger partial charge in [-0.3, -0.25) is 4.79 Å². The lowest BCUT2D eigenvalue weighted by Crippen LogP contribution is -2.27. The Balaban J connectivity index is 1.50. The third kappa shape index (κ3) is 4.56. The number of fused-ring (bicyclic) bond motifs is 1. The van der Waals surface area contributed by atoms with Crippen molar-refractivity contribution < 1.29 is 13.2 Å². The van der Waals surface area contributed by atoms with Crippen molar-refractivity contribution in [3.63, 3.8) is 0 Å². The number of piperidine rings is 1. The van der Waals surface area contributed by atoms with Gasteiger partial charge in [0.05, 0.1) is 17.9 Å². The highest BCUT2D eigenvalue weighted by molar-refractivity contribution is 5.82. The number of nitrogens with zero attached hydrogens (tertiary/aromatic N) is 4. The molecule has 2 aromatic carbocycles. The van der Waals surface area contributed by atoms with E-state index in [0.717, 1.165) is 44.4 Å². The van der Waals surface area contributed by atoms with Gasteiger partial charge in [0.1, 0.15) is 17.0 Å². The Morgan fingerprint density at radius 3 is 2.50 bits per heavy atom. The van der Waals surface area contributed by atoms with Gasteiger partial charge in [0.2, 0.25) is 5.95 Å². The lowest BCUT2D eigenvalue weighted by Gasteiger charge is -2.23. The maximum atomic E-state index is 14.9. The maximum absolute atomic E-state index is 14.9. The molecule has 0 amide bonds. The second kappa shape index (κ2) is 9.69. The van der Waals surface area contributed by atoms with Gasteiger partial charge in [-0.15, -0.1) is 0 Å². The number of hydrogen-bond acceptors (Lipinski definition) is 6. The van der Waals surface area contributed by atoms with E-state index >= 15 is 0 Å². The van der Waals surface area contributed by atoms with E-state index in [1.165, 1.54) is 16.7 Å². The molecule has 1 aliphatic heterocycles. The van der Waals surface area contributed by atoms with Crippen LogP contribution in [0.3, 0.4) is 0 Å². The van der Waals surface area contributed by atoms with Crippen molar-refractivity contribution in [3.05, 3.63) is 76.1 Å². The van der Waals surface area contributed by atoms with Crippen LogP contribution in [0.15, 0.2) is 47.5 Å². The number of anilines is 2. The fourth-order valence-corrected chi connectivity index (χ4v) is 4.69. The summed E-state index contributed by atoms with van der Waals surface area (Å²) in [5, 5.41) is 6.17. The van der Waals surface area contributed by atoms with E-state index in [-0.39, 0.29) is 46.0 Å². The molecule has 1 aliphatic rings. The van der Waals surface area contributed by atoms with Crippen molar-refractivity contribution in [3.8, 4) is 11.3 Å². The molecule has 4 aromatic rings. The number of nitrogens with one attached hydrogen (secondary N) is 2. The number of hydrogen-bond donors (Lipinski definition) is 2. The van der Waals surface area contributed by atoms with Crippen LogP contribution < -0.4 is 16.2 Å². The third-order valence-corrected chi connectivity index (χ3v) is 6.41. The smallest absolute Gasteiger partial charge is 0.269 e. The first-order valence-electron chi connectivity index (χ1n) is 11.8. The molecule has 2 aromatic heterocycles. The first-order chi connectivity index (χ1) is 17.3. The molecular formula is C26H25F3N6O. The second-order valence-electron chi connectivity index (χ2n) is 9.16. The molecule has 10 heteroatoms. The summed E-state index contributed by atoms with van der Waals surface area (Å²) in [6.45, 7) is 5.28. The van der Waals surface area contributed by atoms with Crippen molar-refractivity contribution >= 4 is 22.7 Å². The molecule has 1 fully saturated rings. The molecule has 0 bridgehead atoms. The molecule has 5 rings (SSSR count). The number of rotatable bonds is 5. The van der Waals surface area contributed by atoms with Gasteiger partial charge in [-0.1, -0.05) is 6.07 Å². The van der Waals surface area contributed by atoms with E-state index in [0.29, 0.717) is 11.3 Å². The maximum Gasteiger partial charge on any atom is 0.269 e. The van der Waals surface area contributed by atoms with E-state index in [1.54, 1.807) is 26.0 Å². The fourth-order valence-electron chi connectivity index (χ4n) is 4.69. The molecule has 186 valence electrons. The monoisotopic (exact) mass is 494 g/mol. The van der Waals surface area contributed by atoms with Crippen LogP contribution in [0.1, 0.15) is 44.2 Å². The van der Waals surface area contributed by atoms with E-state index in [2.05, 4.69) is 25.6 Å². The van der Waals surface area contributed by atoms with Gasteiger partial charge in [0.15, 0.2) is 11.6 Å². The molecule has 7 nitrogen and oxygen atoms in total. The molecule has 3 heterocycles. The van der Waals surface area contributed by atoms with E-state index in [4.69, 9.17) is 0 Å². The van der Waals surface area contributed by atoms with Crippen LogP contribution in [-0.2, 0) is 0 Å². The zero-order valence-electron chi connectivity index (χ0n) is 19.9. The summed E-state index contributed by atoms with van der Waals surface area (Å²) < 4.78 is 45.9. The molecule has 0 spiro atoms. The van der Waals surface area contributed by atoms with Gasteiger partial charge < -0.3 is 15.2 Å². The van der Waals surface area contributed by atoms with Crippen LogP contribution in [-0.4, -0.2) is 32.6 Å². The lowest BCUT2D eigenvalue weighted by atomic mass is 9.90. The first kappa shape index (κ1) is 23.9. The predicted octanol–water partition coefficient (Wildman–Crippen LogP) is 5.06. The lowest BCUT2D eigenvalue weighted by molar-refractivity contribution is 0.445. The fraction of sp³-hybridized carbons (Fsp3) is 0.308. The first-order valence-corrected chi connectivity index (χ1v) is 11.8.